The van der Waals surface area contributed by atoms with Crippen LogP contribution in [0.15, 0.2) is 0 Å². The lowest BCUT2D eigenvalue weighted by atomic mass is 9.93. The van der Waals surface area contributed by atoms with Crippen molar-refractivity contribution in [1.82, 2.24) is 31.9 Å². The Morgan fingerprint density at radius 2 is 0.473 bits per heavy atom. The molecular formula is C66H128N6O19. The van der Waals surface area contributed by atoms with Gasteiger partial charge in [0.05, 0.1) is 72.9 Å². The normalized spacial score (nSPS) is 42.5. The molecule has 6 rings (SSSR count). The van der Waals surface area contributed by atoms with Gasteiger partial charge in [0.1, 0.15) is 73.2 Å². The summed E-state index contributed by atoms with van der Waals surface area (Å²) in [5.41, 5.74) is 0. The van der Waals surface area contributed by atoms with Gasteiger partial charge in [-0.1, -0.05) is 119 Å². The van der Waals surface area contributed by atoms with Crippen molar-refractivity contribution in [3.63, 3.8) is 0 Å². The van der Waals surface area contributed by atoms with Crippen LogP contribution in [0.4, 0.5) is 0 Å². The quantitative estimate of drug-likeness (QED) is 0.0392. The molecule has 0 unspecified atom stereocenters. The molecule has 0 amide bonds. The highest BCUT2D eigenvalue weighted by atomic mass is 16.8. The molecule has 0 bridgehead atoms. The SMILES string of the molecule is CCCCCN[C@H]1[C@H](O)[C@H](O)[C@@H](O[C@@H]2[C@@H](O[C@@H]3[C@@H](O[C@@H]4[C@H](O)[C@@H](O[C@@H]5[C@@H](O[C@H]6[C@@H](O)[C@H](NCCCCC)[C@@H](C)O[C@@H]6O)O[C@H](C)[C@@H](NCCCCC)[C@@H]5O)O[C@H](C)[C@H]4NCCCCC)O[C@H](C)[C@@H](NCCCCC)[C@@H]3O)O[C@H](C)[C@@H](NCCCCC)[C@@H]2O)O[C@@H]1C. The van der Waals surface area contributed by atoms with Crippen LogP contribution in [0.3, 0.4) is 0 Å². The summed E-state index contributed by atoms with van der Waals surface area (Å²) in [4.78, 5) is 0. The molecule has 25 heteroatoms. The van der Waals surface area contributed by atoms with E-state index < -0.39 is 184 Å². The molecule has 6 fully saturated rings. The number of nitrogens with one attached hydrogen (secondary N) is 6. The van der Waals surface area contributed by atoms with Crippen LogP contribution in [0, 0.1) is 0 Å². The molecule has 6 saturated heterocycles. The smallest absolute Gasteiger partial charge is 0.187 e. The molecule has 91 heavy (non-hydrogen) atoms. The Morgan fingerprint density at radius 1 is 0.242 bits per heavy atom. The van der Waals surface area contributed by atoms with Crippen molar-refractivity contribution in [2.45, 2.75) is 383 Å². The number of hydrogen-bond donors (Lipinski definition) is 14. The van der Waals surface area contributed by atoms with E-state index in [2.05, 4.69) is 73.4 Å². The van der Waals surface area contributed by atoms with Crippen molar-refractivity contribution < 1.29 is 93.0 Å². The largest absolute Gasteiger partial charge is 0.388 e. The van der Waals surface area contributed by atoms with Crippen LogP contribution in [0.5, 0.6) is 0 Å². The lowest BCUT2D eigenvalue weighted by Crippen LogP contribution is -2.71. The molecular weight excluding hydrogens is 1180 g/mol. The van der Waals surface area contributed by atoms with E-state index in [1.807, 2.05) is 20.8 Å². The first-order chi connectivity index (χ1) is 43.8. The first-order valence-electron chi connectivity index (χ1n) is 35.8. The molecule has 6 aliphatic heterocycles. The Labute approximate surface area is 544 Å². The number of ether oxygens (including phenoxy) is 11. The zero-order valence-electron chi connectivity index (χ0n) is 57.4. The highest BCUT2D eigenvalue weighted by molar-refractivity contribution is 5.03. The topological polar surface area (TPSA) is 336 Å². The van der Waals surface area contributed by atoms with Crippen molar-refractivity contribution in [2.75, 3.05) is 39.3 Å². The summed E-state index contributed by atoms with van der Waals surface area (Å²) < 4.78 is 73.1. The number of aliphatic hydroxyl groups is 8. The number of unbranched alkanes of at least 4 members (excludes halogenated alkanes) is 12. The Kier molecular flexibility index (Phi) is 35.4. The van der Waals surface area contributed by atoms with Gasteiger partial charge in [-0.25, -0.2) is 0 Å². The molecule has 0 spiro atoms. The summed E-state index contributed by atoms with van der Waals surface area (Å²) in [6.45, 7) is 26.9. The highest BCUT2D eigenvalue weighted by Crippen LogP contribution is 2.38. The molecule has 536 valence electrons. The highest BCUT2D eigenvalue weighted by Gasteiger charge is 2.57. The van der Waals surface area contributed by atoms with Crippen LogP contribution in [-0.2, 0) is 52.1 Å². The summed E-state index contributed by atoms with van der Waals surface area (Å²) >= 11 is 0. The predicted octanol–water partition coefficient (Wildman–Crippen LogP) is 2.79. The van der Waals surface area contributed by atoms with Gasteiger partial charge < -0.3 is 125 Å². The zero-order chi connectivity index (χ0) is 66.3. The molecule has 0 aromatic rings. The number of hydrogen-bond acceptors (Lipinski definition) is 25. The van der Waals surface area contributed by atoms with Gasteiger partial charge in [0.15, 0.2) is 37.7 Å². The van der Waals surface area contributed by atoms with E-state index in [0.29, 0.717) is 39.3 Å². The van der Waals surface area contributed by atoms with Crippen LogP contribution in [-0.4, -0.2) is 264 Å². The van der Waals surface area contributed by atoms with Gasteiger partial charge in [0.25, 0.3) is 0 Å². The average molecular weight is 1310 g/mol. The number of aliphatic hydroxyl groups excluding tert-OH is 8. The Balaban J connectivity index is 1.35. The van der Waals surface area contributed by atoms with Crippen molar-refractivity contribution in [3.05, 3.63) is 0 Å². The van der Waals surface area contributed by atoms with E-state index in [0.717, 1.165) is 116 Å². The fraction of sp³-hybridized carbons (Fsp3) is 1.00. The van der Waals surface area contributed by atoms with Crippen LogP contribution < -0.4 is 31.9 Å². The van der Waals surface area contributed by atoms with E-state index >= 15 is 0 Å². The molecule has 6 heterocycles. The van der Waals surface area contributed by atoms with Crippen molar-refractivity contribution in [2.24, 2.45) is 0 Å². The van der Waals surface area contributed by atoms with Crippen molar-refractivity contribution in [1.29, 1.82) is 0 Å². The van der Waals surface area contributed by atoms with Gasteiger partial charge in [0.2, 0.25) is 0 Å². The van der Waals surface area contributed by atoms with Crippen LogP contribution in [0.2, 0.25) is 0 Å². The second kappa shape index (κ2) is 40.8. The number of rotatable bonds is 40. The summed E-state index contributed by atoms with van der Waals surface area (Å²) in [7, 11) is 0. The molecule has 30 atom stereocenters. The first kappa shape index (κ1) is 79.0. The van der Waals surface area contributed by atoms with Gasteiger partial charge in [0, 0.05) is 0 Å². The minimum absolute atomic E-state index is 0.518. The minimum atomic E-state index is -1.65. The van der Waals surface area contributed by atoms with Gasteiger partial charge in [-0.05, 0) is 119 Å². The third-order valence-corrected chi connectivity index (χ3v) is 19.4. The van der Waals surface area contributed by atoms with Crippen LogP contribution in [0.1, 0.15) is 199 Å². The Hall–Kier alpha value is -1.00. The van der Waals surface area contributed by atoms with Gasteiger partial charge >= 0.3 is 0 Å². The maximum atomic E-state index is 13.0. The maximum absolute atomic E-state index is 13.0. The average Bonchev–Trinajstić information content (AvgIpc) is 1.07. The Bertz CT molecular complexity index is 1940. The van der Waals surface area contributed by atoms with E-state index in [4.69, 9.17) is 52.1 Å². The summed E-state index contributed by atoms with van der Waals surface area (Å²) in [6, 6.07) is -4.05. The molecule has 14 N–H and O–H groups in total. The van der Waals surface area contributed by atoms with Crippen molar-refractivity contribution >= 4 is 0 Å². The second-order valence-electron chi connectivity index (χ2n) is 26.8. The Morgan fingerprint density at radius 3 is 0.802 bits per heavy atom. The van der Waals surface area contributed by atoms with Gasteiger partial charge in [-0.2, -0.15) is 0 Å². The van der Waals surface area contributed by atoms with E-state index in [-0.39, 0.29) is 0 Å². The summed E-state index contributed by atoms with van der Waals surface area (Å²) in [6.07, 6.45) is -12.8. The molecule has 0 aromatic carbocycles. The van der Waals surface area contributed by atoms with E-state index in [9.17, 15) is 40.9 Å². The van der Waals surface area contributed by atoms with Gasteiger partial charge in [-0.15, -0.1) is 0 Å². The predicted molar refractivity (Wildman–Crippen MR) is 343 cm³/mol. The molecule has 25 nitrogen and oxygen atoms in total. The van der Waals surface area contributed by atoms with E-state index in [1.165, 1.54) is 0 Å². The molecule has 0 aromatic heterocycles. The van der Waals surface area contributed by atoms with Crippen molar-refractivity contribution in [3.8, 4) is 0 Å². The maximum Gasteiger partial charge on any atom is 0.187 e. The minimum Gasteiger partial charge on any atom is -0.388 e. The summed E-state index contributed by atoms with van der Waals surface area (Å²) in [5.74, 6) is 0. The molecule has 0 radical (unpaired) electrons. The monoisotopic (exact) mass is 1310 g/mol. The van der Waals surface area contributed by atoms with Gasteiger partial charge in [-0.3, -0.25) is 0 Å². The molecule has 0 saturated carbocycles. The van der Waals surface area contributed by atoms with Crippen LogP contribution >= 0.6 is 0 Å². The lowest BCUT2D eigenvalue weighted by Gasteiger charge is -2.52. The fourth-order valence-electron chi connectivity index (χ4n) is 13.8. The standard InChI is InChI=1S/C66H128N6O19/c1-13-19-25-31-67-43-38(8)82-62(54(78)49(43)73)89-59-52(76)46(70-34-28-22-16-4)41(11)86-66(59)91-60-53(77)47(71-35-29-23-17-5)39(9)84-64(60)87-56-48(72-36-30-24-18-6)42(12)83-63(55(56)79)90-58-51(75)45(69-33-27-21-15-3)40(10)85-65(58)88-57-50(74)44(37(7)81-61(57)80)68-32-26-20-14-2/h37-80H,13-36H2,1-12H3/t37-,38-,39-,40-,41-,42-,43-,44-,45-,46-,47-,48-,49+,50+,51+,52+,53+,54+,55+,56+,57+,58+,59+,60+,61+,62-,63-,64-,65-,66-/m1/s1. The first-order valence-corrected chi connectivity index (χ1v) is 35.8. The molecule has 6 aliphatic rings. The lowest BCUT2D eigenvalue weighted by molar-refractivity contribution is -0.392. The van der Waals surface area contributed by atoms with Crippen LogP contribution in [0.25, 0.3) is 0 Å². The fourth-order valence-corrected chi connectivity index (χ4v) is 13.8. The molecule has 0 aliphatic carbocycles. The second-order valence-corrected chi connectivity index (χ2v) is 26.8. The summed E-state index contributed by atoms with van der Waals surface area (Å²) in [5, 5.41) is 118. The zero-order valence-corrected chi connectivity index (χ0v) is 57.4. The van der Waals surface area contributed by atoms with E-state index in [1.54, 1.807) is 20.8 Å². The third-order valence-electron chi connectivity index (χ3n) is 19.4. The third kappa shape index (κ3) is 22.0.